The fraction of sp³-hybridized carbons (Fsp3) is 0.333. The Morgan fingerprint density at radius 2 is 2.00 bits per heavy atom. The molecule has 1 amide bonds. The number of sulfonamides is 1. The molecule has 0 aliphatic carbocycles. The molecule has 1 atom stereocenters. The van der Waals surface area contributed by atoms with E-state index in [0.717, 1.165) is 11.3 Å². The van der Waals surface area contributed by atoms with Crippen LogP contribution in [0.4, 0.5) is 0 Å². The molecular formula is C15H17ClN2O4S2. The molecule has 0 spiro atoms. The van der Waals surface area contributed by atoms with Gasteiger partial charge in [0.1, 0.15) is 16.0 Å². The number of halogens is 1. The first-order chi connectivity index (χ1) is 11.2. The van der Waals surface area contributed by atoms with Crippen molar-refractivity contribution in [2.45, 2.75) is 31.8 Å². The number of aromatic nitrogens is 1. The summed E-state index contributed by atoms with van der Waals surface area (Å²) in [4.78, 5) is 16.8. The molecule has 2 rings (SSSR count). The van der Waals surface area contributed by atoms with Crippen LogP contribution in [0.1, 0.15) is 40.3 Å². The van der Waals surface area contributed by atoms with Crippen molar-refractivity contribution >= 4 is 38.9 Å². The lowest BCUT2D eigenvalue weighted by atomic mass is 10.4. The van der Waals surface area contributed by atoms with Crippen molar-refractivity contribution in [2.24, 2.45) is 0 Å². The Bertz CT molecular complexity index is 832. The number of thiazole rings is 1. The molecule has 1 aromatic carbocycles. The summed E-state index contributed by atoms with van der Waals surface area (Å²) in [6.45, 7) is 5.87. The molecule has 6 nitrogen and oxygen atoms in total. The maximum atomic E-state index is 12.3. The molecule has 24 heavy (non-hydrogen) atoms. The highest BCUT2D eigenvalue weighted by atomic mass is 35.5. The molecule has 1 unspecified atom stereocenters. The van der Waals surface area contributed by atoms with E-state index in [-0.39, 0.29) is 15.9 Å². The largest absolute Gasteiger partial charge is 0.372 e. The van der Waals surface area contributed by atoms with Gasteiger partial charge in [0.05, 0.1) is 10.6 Å². The SMILES string of the molecule is CCOC(C)c1nc(C)c(C(=O)NS(=O)(=O)c2ccc(Cl)cc2)s1. The first-order valence-electron chi connectivity index (χ1n) is 7.16. The van der Waals surface area contributed by atoms with Crippen LogP contribution >= 0.6 is 22.9 Å². The lowest BCUT2D eigenvalue weighted by Gasteiger charge is -2.07. The number of carbonyl (C=O) groups is 1. The van der Waals surface area contributed by atoms with Crippen LogP contribution in [0.25, 0.3) is 0 Å². The third-order valence-electron chi connectivity index (χ3n) is 3.13. The van der Waals surface area contributed by atoms with Gasteiger partial charge in [-0.1, -0.05) is 11.6 Å². The molecule has 0 bridgehead atoms. The number of nitrogens with one attached hydrogen (secondary N) is 1. The predicted octanol–water partition coefficient (Wildman–Crippen LogP) is 3.32. The zero-order valence-corrected chi connectivity index (χ0v) is 15.8. The fourth-order valence-electron chi connectivity index (χ4n) is 1.96. The van der Waals surface area contributed by atoms with E-state index in [1.54, 1.807) is 6.92 Å². The van der Waals surface area contributed by atoms with Crippen LogP contribution in [0.3, 0.4) is 0 Å². The van der Waals surface area contributed by atoms with Crippen molar-refractivity contribution in [2.75, 3.05) is 6.61 Å². The van der Waals surface area contributed by atoms with Crippen molar-refractivity contribution in [1.29, 1.82) is 0 Å². The summed E-state index contributed by atoms with van der Waals surface area (Å²) < 4.78 is 32.0. The van der Waals surface area contributed by atoms with Gasteiger partial charge in [0, 0.05) is 11.6 Å². The van der Waals surface area contributed by atoms with E-state index >= 15 is 0 Å². The minimum Gasteiger partial charge on any atom is -0.372 e. The Morgan fingerprint density at radius 1 is 1.38 bits per heavy atom. The van der Waals surface area contributed by atoms with Gasteiger partial charge in [-0.05, 0) is 45.0 Å². The van der Waals surface area contributed by atoms with Crippen molar-refractivity contribution in [1.82, 2.24) is 9.71 Å². The number of hydrogen-bond acceptors (Lipinski definition) is 6. The Labute approximate surface area is 149 Å². The van der Waals surface area contributed by atoms with Crippen LogP contribution in [0.15, 0.2) is 29.2 Å². The fourth-order valence-corrected chi connectivity index (χ4v) is 4.08. The average molecular weight is 389 g/mol. The van der Waals surface area contributed by atoms with Gasteiger partial charge in [0.2, 0.25) is 0 Å². The molecule has 0 aliphatic heterocycles. The van der Waals surface area contributed by atoms with Gasteiger partial charge in [-0.15, -0.1) is 11.3 Å². The summed E-state index contributed by atoms with van der Waals surface area (Å²) in [6.07, 6.45) is -0.256. The molecule has 9 heteroatoms. The standard InChI is InChI=1S/C15H17ClN2O4S2/c1-4-22-10(3)15-17-9(2)13(23-15)14(19)18-24(20,21)12-7-5-11(16)6-8-12/h5-8,10H,4H2,1-3H3,(H,18,19). The van der Waals surface area contributed by atoms with E-state index in [1.165, 1.54) is 24.3 Å². The number of rotatable bonds is 6. The number of amides is 1. The zero-order chi connectivity index (χ0) is 17.9. The molecule has 1 aromatic heterocycles. The maximum absolute atomic E-state index is 12.3. The number of nitrogens with zero attached hydrogens (tertiary/aromatic N) is 1. The van der Waals surface area contributed by atoms with Gasteiger partial charge in [-0.3, -0.25) is 4.79 Å². The van der Waals surface area contributed by atoms with Crippen molar-refractivity contribution in [3.05, 3.63) is 44.9 Å². The molecule has 1 heterocycles. The van der Waals surface area contributed by atoms with Gasteiger partial charge >= 0.3 is 0 Å². The van der Waals surface area contributed by atoms with Gasteiger partial charge in [0.25, 0.3) is 15.9 Å². The quantitative estimate of drug-likeness (QED) is 0.820. The van der Waals surface area contributed by atoms with Crippen LogP contribution < -0.4 is 4.72 Å². The van der Waals surface area contributed by atoms with Crippen molar-refractivity contribution in [3.63, 3.8) is 0 Å². The Kier molecular flexibility index (Phi) is 5.97. The minimum absolute atomic E-state index is 0.0367. The van der Waals surface area contributed by atoms with Gasteiger partial charge in [-0.25, -0.2) is 18.1 Å². The second-order valence-electron chi connectivity index (χ2n) is 4.95. The average Bonchev–Trinajstić information content (AvgIpc) is 2.90. The number of ether oxygens (including phenoxy) is 1. The molecule has 0 aliphatic rings. The molecule has 2 aromatic rings. The second kappa shape index (κ2) is 7.60. The minimum atomic E-state index is -3.97. The highest BCUT2D eigenvalue weighted by Gasteiger charge is 2.23. The first-order valence-corrected chi connectivity index (χ1v) is 9.84. The van der Waals surface area contributed by atoms with Crippen LogP contribution in [0, 0.1) is 6.92 Å². The highest BCUT2D eigenvalue weighted by molar-refractivity contribution is 7.90. The van der Waals surface area contributed by atoms with E-state index < -0.39 is 15.9 Å². The van der Waals surface area contributed by atoms with E-state index in [1.807, 2.05) is 13.8 Å². The van der Waals surface area contributed by atoms with E-state index in [4.69, 9.17) is 16.3 Å². The van der Waals surface area contributed by atoms with Crippen LogP contribution in [0.5, 0.6) is 0 Å². The number of carbonyl (C=O) groups excluding carboxylic acids is 1. The summed E-state index contributed by atoms with van der Waals surface area (Å²) >= 11 is 6.86. The summed E-state index contributed by atoms with van der Waals surface area (Å²) in [5.74, 6) is -0.713. The summed E-state index contributed by atoms with van der Waals surface area (Å²) in [7, 11) is -3.97. The van der Waals surface area contributed by atoms with Crippen LogP contribution in [-0.2, 0) is 14.8 Å². The summed E-state index contributed by atoms with van der Waals surface area (Å²) in [5, 5.41) is 1.04. The highest BCUT2D eigenvalue weighted by Crippen LogP contribution is 2.26. The smallest absolute Gasteiger partial charge is 0.276 e. The number of aryl methyl sites for hydroxylation is 1. The second-order valence-corrected chi connectivity index (χ2v) is 8.10. The lowest BCUT2D eigenvalue weighted by Crippen LogP contribution is -2.30. The lowest BCUT2D eigenvalue weighted by molar-refractivity contribution is 0.0761. The maximum Gasteiger partial charge on any atom is 0.276 e. The van der Waals surface area contributed by atoms with Gasteiger partial charge in [-0.2, -0.15) is 0 Å². The third-order valence-corrected chi connectivity index (χ3v) is 6.05. The van der Waals surface area contributed by atoms with Crippen molar-refractivity contribution in [3.8, 4) is 0 Å². The predicted molar refractivity (Wildman–Crippen MR) is 93.0 cm³/mol. The molecule has 1 N–H and O–H groups in total. The number of hydrogen-bond donors (Lipinski definition) is 1. The van der Waals surface area contributed by atoms with Gasteiger partial charge < -0.3 is 4.74 Å². The zero-order valence-electron chi connectivity index (χ0n) is 13.4. The normalized spacial score (nSPS) is 12.8. The first kappa shape index (κ1) is 18.9. The summed E-state index contributed by atoms with van der Waals surface area (Å²) in [6, 6.07) is 5.56. The van der Waals surface area contributed by atoms with E-state index in [9.17, 15) is 13.2 Å². The van der Waals surface area contributed by atoms with Gasteiger partial charge in [0.15, 0.2) is 0 Å². The van der Waals surface area contributed by atoms with Crippen LogP contribution in [-0.4, -0.2) is 25.9 Å². The summed E-state index contributed by atoms with van der Waals surface area (Å²) in [5.41, 5.74) is 0.463. The van der Waals surface area contributed by atoms with E-state index in [0.29, 0.717) is 22.3 Å². The Hall–Kier alpha value is -1.48. The topological polar surface area (TPSA) is 85.4 Å². The monoisotopic (exact) mass is 388 g/mol. The molecule has 0 fully saturated rings. The van der Waals surface area contributed by atoms with Crippen molar-refractivity contribution < 1.29 is 17.9 Å². The third kappa shape index (κ3) is 4.32. The molecule has 130 valence electrons. The van der Waals surface area contributed by atoms with Crippen LogP contribution in [0.2, 0.25) is 5.02 Å². The Balaban J connectivity index is 2.22. The van der Waals surface area contributed by atoms with E-state index in [2.05, 4.69) is 9.71 Å². The molecule has 0 saturated carbocycles. The number of benzene rings is 1. The molecule has 0 radical (unpaired) electrons. The molecular weight excluding hydrogens is 372 g/mol. The molecule has 0 saturated heterocycles. The Morgan fingerprint density at radius 3 is 2.58 bits per heavy atom.